The molecule has 0 saturated heterocycles. The molecule has 0 unspecified atom stereocenters. The first kappa shape index (κ1) is 11.9. The molecule has 0 saturated carbocycles. The Morgan fingerprint density at radius 3 is 2.83 bits per heavy atom. The summed E-state index contributed by atoms with van der Waals surface area (Å²) in [5, 5.41) is 11.7. The SMILES string of the molecule is C=C1CC(c2ccccc2OC)=C(C#N)C(=O)N1. The second-order valence-electron chi connectivity index (χ2n) is 3.90. The van der Waals surface area contributed by atoms with E-state index in [1.165, 1.54) is 0 Å². The number of hydrogen-bond donors (Lipinski definition) is 1. The first-order valence-corrected chi connectivity index (χ1v) is 5.43. The number of benzene rings is 1. The predicted molar refractivity (Wildman–Crippen MR) is 67.4 cm³/mol. The molecule has 1 aromatic carbocycles. The fourth-order valence-corrected chi connectivity index (χ4v) is 1.95. The first-order valence-electron chi connectivity index (χ1n) is 5.43. The molecule has 1 aliphatic heterocycles. The Bertz CT molecular complexity index is 594. The van der Waals surface area contributed by atoms with Crippen LogP contribution in [0.15, 0.2) is 42.1 Å². The molecule has 0 aromatic heterocycles. The Morgan fingerprint density at radius 2 is 2.17 bits per heavy atom. The summed E-state index contributed by atoms with van der Waals surface area (Å²) in [4.78, 5) is 11.7. The Balaban J connectivity index is 2.63. The molecule has 1 heterocycles. The molecule has 1 amide bonds. The Kier molecular flexibility index (Phi) is 3.16. The van der Waals surface area contributed by atoms with E-state index in [1.807, 2.05) is 24.3 Å². The molecule has 4 heteroatoms. The van der Waals surface area contributed by atoms with Crippen LogP contribution in [0.25, 0.3) is 5.57 Å². The van der Waals surface area contributed by atoms with Gasteiger partial charge in [-0.3, -0.25) is 4.79 Å². The van der Waals surface area contributed by atoms with Crippen LogP contribution in [0.4, 0.5) is 0 Å². The van der Waals surface area contributed by atoms with E-state index in [2.05, 4.69) is 11.9 Å². The molecule has 0 radical (unpaired) electrons. The quantitative estimate of drug-likeness (QED) is 0.860. The zero-order chi connectivity index (χ0) is 13.1. The lowest BCUT2D eigenvalue weighted by Gasteiger charge is -2.20. The van der Waals surface area contributed by atoms with Crippen molar-refractivity contribution in [1.82, 2.24) is 5.32 Å². The minimum Gasteiger partial charge on any atom is -0.496 e. The van der Waals surface area contributed by atoms with E-state index in [0.29, 0.717) is 23.4 Å². The third-order valence-corrected chi connectivity index (χ3v) is 2.75. The molecule has 0 spiro atoms. The van der Waals surface area contributed by atoms with E-state index in [-0.39, 0.29) is 5.57 Å². The maximum Gasteiger partial charge on any atom is 0.266 e. The normalized spacial score (nSPS) is 15.1. The first-order chi connectivity index (χ1) is 8.67. The minimum atomic E-state index is -0.408. The van der Waals surface area contributed by atoms with Crippen LogP contribution in [0.3, 0.4) is 0 Å². The standard InChI is InChI=1S/C14H12N2O2/c1-9-7-11(12(8-15)14(17)16-9)10-5-3-4-6-13(10)18-2/h3-6H,1,7H2,2H3,(H,16,17). The van der Waals surface area contributed by atoms with Crippen molar-refractivity contribution in [2.24, 2.45) is 0 Å². The van der Waals surface area contributed by atoms with Crippen LogP contribution >= 0.6 is 0 Å². The van der Waals surface area contributed by atoms with E-state index in [4.69, 9.17) is 10.00 Å². The number of para-hydroxylation sites is 1. The van der Waals surface area contributed by atoms with Gasteiger partial charge in [-0.1, -0.05) is 24.8 Å². The van der Waals surface area contributed by atoms with E-state index in [0.717, 1.165) is 5.56 Å². The van der Waals surface area contributed by atoms with Crippen LogP contribution in [0.2, 0.25) is 0 Å². The number of ether oxygens (including phenoxy) is 1. The highest BCUT2D eigenvalue weighted by atomic mass is 16.5. The molecule has 2 rings (SSSR count). The number of rotatable bonds is 2. The number of methoxy groups -OCH3 is 1. The Morgan fingerprint density at radius 1 is 1.44 bits per heavy atom. The lowest BCUT2D eigenvalue weighted by atomic mass is 9.92. The maximum absolute atomic E-state index is 11.7. The number of nitrogens with one attached hydrogen (secondary N) is 1. The summed E-state index contributed by atoms with van der Waals surface area (Å²) in [7, 11) is 1.56. The average Bonchev–Trinajstić information content (AvgIpc) is 2.38. The molecule has 4 nitrogen and oxygen atoms in total. The third kappa shape index (κ3) is 1.98. The van der Waals surface area contributed by atoms with Crippen LogP contribution in [-0.4, -0.2) is 13.0 Å². The van der Waals surface area contributed by atoms with Crippen molar-refractivity contribution in [2.45, 2.75) is 6.42 Å². The van der Waals surface area contributed by atoms with Gasteiger partial charge in [0.15, 0.2) is 0 Å². The fraction of sp³-hybridized carbons (Fsp3) is 0.143. The van der Waals surface area contributed by atoms with Crippen LogP contribution in [0.1, 0.15) is 12.0 Å². The molecule has 1 aliphatic rings. The second-order valence-corrected chi connectivity index (χ2v) is 3.90. The van der Waals surface area contributed by atoms with Crippen molar-refractivity contribution < 1.29 is 9.53 Å². The monoisotopic (exact) mass is 240 g/mol. The van der Waals surface area contributed by atoms with E-state index in [1.54, 1.807) is 13.2 Å². The zero-order valence-electron chi connectivity index (χ0n) is 9.99. The van der Waals surface area contributed by atoms with Crippen molar-refractivity contribution in [2.75, 3.05) is 7.11 Å². The molecule has 0 aliphatic carbocycles. The minimum absolute atomic E-state index is 0.118. The van der Waals surface area contributed by atoms with Gasteiger partial charge in [-0.05, 0) is 11.6 Å². The summed E-state index contributed by atoms with van der Waals surface area (Å²) in [5.74, 6) is 0.234. The number of carbonyl (C=O) groups is 1. The molecule has 0 fully saturated rings. The van der Waals surface area contributed by atoms with Crippen LogP contribution in [0.5, 0.6) is 5.75 Å². The van der Waals surface area contributed by atoms with Gasteiger partial charge >= 0.3 is 0 Å². The van der Waals surface area contributed by atoms with Crippen LogP contribution in [0, 0.1) is 11.3 Å². The molecular formula is C14H12N2O2. The Labute approximate surface area is 105 Å². The van der Waals surface area contributed by atoms with Gasteiger partial charge in [0.1, 0.15) is 17.4 Å². The molecule has 90 valence electrons. The lowest BCUT2D eigenvalue weighted by molar-refractivity contribution is -0.116. The zero-order valence-corrected chi connectivity index (χ0v) is 9.99. The van der Waals surface area contributed by atoms with Gasteiger partial charge in [-0.15, -0.1) is 0 Å². The summed E-state index contributed by atoms with van der Waals surface area (Å²) in [5.41, 5.74) is 2.11. The van der Waals surface area contributed by atoms with E-state index < -0.39 is 5.91 Å². The fourth-order valence-electron chi connectivity index (χ4n) is 1.95. The molecule has 1 N–H and O–H groups in total. The summed E-state index contributed by atoms with van der Waals surface area (Å²) in [6.07, 6.45) is 0.439. The highest BCUT2D eigenvalue weighted by molar-refractivity contribution is 6.08. The molecular weight excluding hydrogens is 228 g/mol. The number of amides is 1. The van der Waals surface area contributed by atoms with Crippen LogP contribution < -0.4 is 10.1 Å². The summed E-state index contributed by atoms with van der Waals surface area (Å²) < 4.78 is 5.26. The highest BCUT2D eigenvalue weighted by Crippen LogP contribution is 2.33. The van der Waals surface area contributed by atoms with Crippen molar-refractivity contribution in [3.63, 3.8) is 0 Å². The number of hydrogen-bond acceptors (Lipinski definition) is 3. The van der Waals surface area contributed by atoms with Crippen molar-refractivity contribution >= 4 is 11.5 Å². The number of nitrogens with zero attached hydrogens (tertiary/aromatic N) is 1. The number of nitriles is 1. The van der Waals surface area contributed by atoms with Crippen molar-refractivity contribution in [3.05, 3.63) is 47.7 Å². The summed E-state index contributed by atoms with van der Waals surface area (Å²) in [6, 6.07) is 9.26. The molecule has 0 bridgehead atoms. The van der Waals surface area contributed by atoms with E-state index >= 15 is 0 Å². The number of carbonyl (C=O) groups excluding carboxylic acids is 1. The number of allylic oxidation sites excluding steroid dienone is 1. The predicted octanol–water partition coefficient (Wildman–Crippen LogP) is 2.01. The van der Waals surface area contributed by atoms with Crippen LogP contribution in [-0.2, 0) is 4.79 Å². The largest absolute Gasteiger partial charge is 0.496 e. The second kappa shape index (κ2) is 4.76. The van der Waals surface area contributed by atoms with Gasteiger partial charge < -0.3 is 10.1 Å². The average molecular weight is 240 g/mol. The van der Waals surface area contributed by atoms with Gasteiger partial charge in [0.05, 0.1) is 7.11 Å². The van der Waals surface area contributed by atoms with E-state index in [9.17, 15) is 4.79 Å². The highest BCUT2D eigenvalue weighted by Gasteiger charge is 2.24. The molecule has 1 aromatic rings. The van der Waals surface area contributed by atoms with Gasteiger partial charge in [-0.2, -0.15) is 5.26 Å². The van der Waals surface area contributed by atoms with Gasteiger partial charge in [0.25, 0.3) is 5.91 Å². The smallest absolute Gasteiger partial charge is 0.266 e. The lowest BCUT2D eigenvalue weighted by Crippen LogP contribution is -2.28. The van der Waals surface area contributed by atoms with Gasteiger partial charge in [0.2, 0.25) is 0 Å². The summed E-state index contributed by atoms with van der Waals surface area (Å²) >= 11 is 0. The maximum atomic E-state index is 11.7. The third-order valence-electron chi connectivity index (χ3n) is 2.75. The molecule has 18 heavy (non-hydrogen) atoms. The van der Waals surface area contributed by atoms with Gasteiger partial charge in [0, 0.05) is 17.7 Å². The Hall–Kier alpha value is -2.54. The molecule has 0 atom stereocenters. The van der Waals surface area contributed by atoms with Crippen molar-refractivity contribution in [3.8, 4) is 11.8 Å². The van der Waals surface area contributed by atoms with Gasteiger partial charge in [-0.25, -0.2) is 0 Å². The summed E-state index contributed by atoms with van der Waals surface area (Å²) in [6.45, 7) is 3.75. The van der Waals surface area contributed by atoms with Crippen molar-refractivity contribution in [1.29, 1.82) is 5.26 Å². The topological polar surface area (TPSA) is 62.1 Å².